The minimum atomic E-state index is -0.0360. The molecule has 0 bridgehead atoms. The average Bonchev–Trinajstić information content (AvgIpc) is 2.94. The van der Waals surface area contributed by atoms with E-state index in [9.17, 15) is 0 Å². The van der Waals surface area contributed by atoms with Crippen molar-refractivity contribution in [1.29, 1.82) is 0 Å². The Hall–Kier alpha value is -1.33. The molecule has 0 aliphatic carbocycles. The maximum Gasteiger partial charge on any atom is 0.0757 e. The summed E-state index contributed by atoms with van der Waals surface area (Å²) >= 11 is 1.88. The van der Waals surface area contributed by atoms with Crippen LogP contribution in [0.5, 0.6) is 0 Å². The van der Waals surface area contributed by atoms with Crippen molar-refractivity contribution in [2.75, 3.05) is 5.75 Å². The van der Waals surface area contributed by atoms with E-state index in [2.05, 4.69) is 34.6 Å². The summed E-state index contributed by atoms with van der Waals surface area (Å²) in [6.45, 7) is 0. The van der Waals surface area contributed by atoms with Crippen molar-refractivity contribution < 1.29 is 0 Å². The van der Waals surface area contributed by atoms with Gasteiger partial charge in [0, 0.05) is 23.6 Å². The molecule has 4 nitrogen and oxygen atoms in total. The van der Waals surface area contributed by atoms with Crippen LogP contribution < -0.4 is 5.73 Å². The van der Waals surface area contributed by atoms with Crippen LogP contribution in [0.4, 0.5) is 0 Å². The van der Waals surface area contributed by atoms with Crippen LogP contribution in [0.1, 0.15) is 23.2 Å². The van der Waals surface area contributed by atoms with Crippen molar-refractivity contribution in [3.05, 3.63) is 41.7 Å². The van der Waals surface area contributed by atoms with E-state index in [1.165, 1.54) is 10.5 Å². The minimum Gasteiger partial charge on any atom is -0.322 e. The van der Waals surface area contributed by atoms with E-state index >= 15 is 0 Å². The van der Waals surface area contributed by atoms with Crippen LogP contribution in [0.25, 0.3) is 0 Å². The molecule has 2 atom stereocenters. The second-order valence-electron chi connectivity index (χ2n) is 4.26. The first-order valence-corrected chi connectivity index (χ1v) is 6.58. The van der Waals surface area contributed by atoms with Crippen LogP contribution in [-0.2, 0) is 7.05 Å². The SMILES string of the molecule is Cn1nncc1C(N)C1CSc2ccccc21. The number of rotatable bonds is 2. The Morgan fingerprint density at radius 3 is 3.06 bits per heavy atom. The third-order valence-electron chi connectivity index (χ3n) is 3.26. The molecule has 2 heterocycles. The maximum absolute atomic E-state index is 6.35. The molecule has 1 aliphatic heterocycles. The number of benzene rings is 1. The molecular formula is C12H14N4S. The monoisotopic (exact) mass is 246 g/mol. The van der Waals surface area contributed by atoms with Crippen LogP contribution >= 0.6 is 11.8 Å². The Morgan fingerprint density at radius 1 is 1.47 bits per heavy atom. The fourth-order valence-electron chi connectivity index (χ4n) is 2.29. The second-order valence-corrected chi connectivity index (χ2v) is 5.33. The van der Waals surface area contributed by atoms with Gasteiger partial charge in [-0.05, 0) is 11.6 Å². The lowest BCUT2D eigenvalue weighted by atomic mass is 9.92. The molecule has 0 fully saturated rings. The van der Waals surface area contributed by atoms with E-state index in [1.807, 2.05) is 18.8 Å². The number of fused-ring (bicyclic) bond motifs is 1. The summed E-state index contributed by atoms with van der Waals surface area (Å²) in [6, 6.07) is 8.45. The molecule has 17 heavy (non-hydrogen) atoms. The molecule has 1 aliphatic rings. The van der Waals surface area contributed by atoms with Crippen LogP contribution in [0.3, 0.4) is 0 Å². The predicted octanol–water partition coefficient (Wildman–Crippen LogP) is 1.70. The zero-order valence-electron chi connectivity index (χ0n) is 9.58. The zero-order chi connectivity index (χ0) is 11.8. The number of aryl methyl sites for hydroxylation is 1. The fourth-order valence-corrected chi connectivity index (χ4v) is 3.60. The summed E-state index contributed by atoms with van der Waals surface area (Å²) < 4.78 is 1.76. The molecule has 0 saturated carbocycles. The number of hydrogen-bond acceptors (Lipinski definition) is 4. The van der Waals surface area contributed by atoms with Crippen molar-refractivity contribution in [3.8, 4) is 0 Å². The number of nitrogens with two attached hydrogens (primary N) is 1. The number of hydrogen-bond donors (Lipinski definition) is 1. The first kappa shape index (κ1) is 10.8. The normalized spacial score (nSPS) is 20.2. The van der Waals surface area contributed by atoms with Crippen LogP contribution in [-0.4, -0.2) is 20.7 Å². The van der Waals surface area contributed by atoms with Gasteiger partial charge in [0.15, 0.2) is 0 Å². The average molecular weight is 246 g/mol. The Balaban J connectivity index is 1.95. The Labute approximate surface area is 104 Å². The summed E-state index contributed by atoms with van der Waals surface area (Å²) in [5.41, 5.74) is 8.69. The van der Waals surface area contributed by atoms with E-state index in [0.717, 1.165) is 11.4 Å². The summed E-state index contributed by atoms with van der Waals surface area (Å²) in [5, 5.41) is 7.84. The van der Waals surface area contributed by atoms with E-state index in [-0.39, 0.29) is 6.04 Å². The molecular weight excluding hydrogens is 232 g/mol. The molecule has 2 N–H and O–H groups in total. The van der Waals surface area contributed by atoms with Crippen LogP contribution in [0.15, 0.2) is 35.4 Å². The maximum atomic E-state index is 6.35. The largest absolute Gasteiger partial charge is 0.322 e. The summed E-state index contributed by atoms with van der Waals surface area (Å²) in [5.74, 6) is 1.39. The molecule has 0 saturated heterocycles. The smallest absolute Gasteiger partial charge is 0.0757 e. The van der Waals surface area contributed by atoms with Gasteiger partial charge in [0.05, 0.1) is 17.9 Å². The third kappa shape index (κ3) is 1.75. The zero-order valence-corrected chi connectivity index (χ0v) is 10.4. The van der Waals surface area contributed by atoms with Gasteiger partial charge in [-0.1, -0.05) is 23.4 Å². The fraction of sp³-hybridized carbons (Fsp3) is 0.333. The molecule has 88 valence electrons. The lowest BCUT2D eigenvalue weighted by molar-refractivity contribution is 0.548. The van der Waals surface area contributed by atoms with E-state index in [4.69, 9.17) is 5.73 Å². The highest BCUT2D eigenvalue weighted by molar-refractivity contribution is 7.99. The lowest BCUT2D eigenvalue weighted by Gasteiger charge is -2.19. The number of thioether (sulfide) groups is 1. The van der Waals surface area contributed by atoms with Crippen molar-refractivity contribution in [3.63, 3.8) is 0 Å². The predicted molar refractivity (Wildman–Crippen MR) is 67.8 cm³/mol. The third-order valence-corrected chi connectivity index (χ3v) is 4.47. The van der Waals surface area contributed by atoms with Crippen molar-refractivity contribution in [2.45, 2.75) is 16.9 Å². The van der Waals surface area contributed by atoms with Crippen LogP contribution in [0, 0.1) is 0 Å². The van der Waals surface area contributed by atoms with Gasteiger partial charge < -0.3 is 5.73 Å². The minimum absolute atomic E-state index is 0.0360. The van der Waals surface area contributed by atoms with Crippen molar-refractivity contribution >= 4 is 11.8 Å². The highest BCUT2D eigenvalue weighted by Crippen LogP contribution is 2.44. The van der Waals surface area contributed by atoms with Gasteiger partial charge in [-0.2, -0.15) is 0 Å². The highest BCUT2D eigenvalue weighted by Gasteiger charge is 2.30. The molecule has 1 aromatic heterocycles. The number of nitrogens with zero attached hydrogens (tertiary/aromatic N) is 3. The van der Waals surface area contributed by atoms with Gasteiger partial charge in [0.25, 0.3) is 0 Å². The van der Waals surface area contributed by atoms with Crippen molar-refractivity contribution in [1.82, 2.24) is 15.0 Å². The summed E-state index contributed by atoms with van der Waals surface area (Å²) in [4.78, 5) is 1.35. The van der Waals surface area contributed by atoms with E-state index < -0.39 is 0 Å². The number of aromatic nitrogens is 3. The summed E-state index contributed by atoms with van der Waals surface area (Å²) in [7, 11) is 1.89. The molecule has 2 aromatic rings. The molecule has 1 aromatic carbocycles. The van der Waals surface area contributed by atoms with E-state index in [0.29, 0.717) is 5.92 Å². The van der Waals surface area contributed by atoms with Crippen LogP contribution in [0.2, 0.25) is 0 Å². The van der Waals surface area contributed by atoms with Gasteiger partial charge in [-0.15, -0.1) is 16.9 Å². The Bertz CT molecular complexity index is 537. The quantitative estimate of drug-likeness (QED) is 0.876. The summed E-state index contributed by atoms with van der Waals surface area (Å²) in [6.07, 6.45) is 1.76. The highest BCUT2D eigenvalue weighted by atomic mass is 32.2. The van der Waals surface area contributed by atoms with E-state index in [1.54, 1.807) is 10.9 Å². The van der Waals surface area contributed by atoms with Gasteiger partial charge in [0.2, 0.25) is 0 Å². The topological polar surface area (TPSA) is 56.7 Å². The molecule has 0 amide bonds. The Kier molecular flexibility index (Phi) is 2.64. The molecule has 5 heteroatoms. The van der Waals surface area contributed by atoms with Gasteiger partial charge in [-0.25, -0.2) is 0 Å². The first-order chi connectivity index (χ1) is 8.27. The van der Waals surface area contributed by atoms with Crippen molar-refractivity contribution in [2.24, 2.45) is 12.8 Å². The first-order valence-electron chi connectivity index (χ1n) is 5.59. The van der Waals surface area contributed by atoms with Gasteiger partial charge in [0.1, 0.15) is 0 Å². The van der Waals surface area contributed by atoms with Gasteiger partial charge >= 0.3 is 0 Å². The molecule has 3 rings (SSSR count). The molecule has 2 unspecified atom stereocenters. The standard InChI is InChI=1S/C12H14N4S/c1-16-10(6-14-15-16)12(13)9-7-17-11-5-3-2-4-8(9)11/h2-6,9,12H,7,13H2,1H3. The second kappa shape index (κ2) is 4.16. The lowest BCUT2D eigenvalue weighted by Crippen LogP contribution is -2.22. The molecule has 0 radical (unpaired) electrons. The Morgan fingerprint density at radius 2 is 2.29 bits per heavy atom. The van der Waals surface area contributed by atoms with Gasteiger partial charge in [-0.3, -0.25) is 4.68 Å². The molecule has 0 spiro atoms.